The molecule has 4 heteroatoms. The fourth-order valence-electron chi connectivity index (χ4n) is 4.64. The van der Waals surface area contributed by atoms with E-state index in [9.17, 15) is 5.11 Å². The Bertz CT molecular complexity index is 680. The Morgan fingerprint density at radius 1 is 1.36 bits per heavy atom. The molecule has 1 saturated carbocycles. The first-order chi connectivity index (χ1) is 10.7. The van der Waals surface area contributed by atoms with E-state index in [1.807, 2.05) is 23.0 Å². The van der Waals surface area contributed by atoms with Crippen molar-refractivity contribution in [2.75, 3.05) is 13.1 Å². The lowest BCUT2D eigenvalue weighted by atomic mass is 9.76. The lowest BCUT2D eigenvalue weighted by Gasteiger charge is -2.42. The minimum Gasteiger partial charge on any atom is -0.393 e. The van der Waals surface area contributed by atoms with Crippen LogP contribution in [-0.2, 0) is 6.54 Å². The molecule has 2 atom stereocenters. The zero-order valence-electron chi connectivity index (χ0n) is 13.3. The van der Waals surface area contributed by atoms with Crippen molar-refractivity contribution in [3.63, 3.8) is 0 Å². The number of likely N-dealkylation sites (tertiary alicyclic amines) is 1. The molecule has 3 heterocycles. The first kappa shape index (κ1) is 14.2. The summed E-state index contributed by atoms with van der Waals surface area (Å²) < 4.78 is 1.98. The van der Waals surface area contributed by atoms with E-state index in [0.29, 0.717) is 0 Å². The Hall–Kier alpha value is -1.39. The summed E-state index contributed by atoms with van der Waals surface area (Å²) in [4.78, 5) is 2.53. The maximum atomic E-state index is 10.4. The summed E-state index contributed by atoms with van der Waals surface area (Å²) in [6, 6.07) is 4.20. The van der Waals surface area contributed by atoms with Gasteiger partial charge < -0.3 is 5.11 Å². The number of pyridine rings is 1. The van der Waals surface area contributed by atoms with Crippen LogP contribution in [0.4, 0.5) is 0 Å². The number of nitrogens with zero attached hydrogens (tertiary/aromatic N) is 3. The maximum Gasteiger partial charge on any atom is 0.0735 e. The van der Waals surface area contributed by atoms with Crippen molar-refractivity contribution in [3.8, 4) is 0 Å². The van der Waals surface area contributed by atoms with Crippen LogP contribution < -0.4 is 0 Å². The van der Waals surface area contributed by atoms with Gasteiger partial charge in [-0.1, -0.05) is 12.5 Å². The lowest BCUT2D eigenvalue weighted by Crippen LogP contribution is -2.46. The third-order valence-electron chi connectivity index (χ3n) is 5.76. The molecule has 4 nitrogen and oxygen atoms in total. The predicted molar refractivity (Wildman–Crippen MR) is 86.7 cm³/mol. The molecule has 118 valence electrons. The van der Waals surface area contributed by atoms with Gasteiger partial charge in [0.1, 0.15) is 0 Å². The Labute approximate surface area is 131 Å². The third kappa shape index (κ3) is 2.25. The van der Waals surface area contributed by atoms with E-state index in [0.717, 1.165) is 26.1 Å². The molecule has 22 heavy (non-hydrogen) atoms. The predicted octanol–water partition coefficient (Wildman–Crippen LogP) is 2.77. The summed E-state index contributed by atoms with van der Waals surface area (Å²) in [7, 11) is 0. The van der Waals surface area contributed by atoms with Gasteiger partial charge in [-0.15, -0.1) is 0 Å². The quantitative estimate of drug-likeness (QED) is 0.927. The van der Waals surface area contributed by atoms with Crippen LogP contribution in [0.1, 0.15) is 43.2 Å². The van der Waals surface area contributed by atoms with E-state index >= 15 is 0 Å². The van der Waals surface area contributed by atoms with Gasteiger partial charge in [0.2, 0.25) is 0 Å². The molecule has 1 N–H and O–H groups in total. The van der Waals surface area contributed by atoms with E-state index in [2.05, 4.69) is 23.0 Å². The van der Waals surface area contributed by atoms with Crippen LogP contribution in [0, 0.1) is 12.3 Å². The number of hydrogen-bond acceptors (Lipinski definition) is 3. The summed E-state index contributed by atoms with van der Waals surface area (Å²) in [5, 5.41) is 14.9. The highest BCUT2D eigenvalue weighted by Crippen LogP contribution is 2.45. The molecule has 1 saturated heterocycles. The van der Waals surface area contributed by atoms with Crippen molar-refractivity contribution in [1.82, 2.24) is 14.5 Å². The summed E-state index contributed by atoms with van der Waals surface area (Å²) in [5.41, 5.74) is 4.00. The highest BCUT2D eigenvalue weighted by atomic mass is 16.3. The first-order valence-electron chi connectivity index (χ1n) is 8.50. The maximum absolute atomic E-state index is 10.4. The van der Waals surface area contributed by atoms with Crippen molar-refractivity contribution in [1.29, 1.82) is 0 Å². The Balaban J connectivity index is 1.57. The van der Waals surface area contributed by atoms with Crippen LogP contribution in [0.25, 0.3) is 5.52 Å². The largest absolute Gasteiger partial charge is 0.393 e. The van der Waals surface area contributed by atoms with Crippen LogP contribution in [0.2, 0.25) is 0 Å². The zero-order chi connectivity index (χ0) is 15.2. The van der Waals surface area contributed by atoms with Crippen LogP contribution in [0.5, 0.6) is 0 Å². The second kappa shape index (κ2) is 5.36. The normalized spacial score (nSPS) is 29.6. The molecule has 1 spiro atoms. The second-order valence-electron chi connectivity index (χ2n) is 7.24. The third-order valence-corrected chi connectivity index (χ3v) is 5.76. The molecular formula is C18H25N3O. The SMILES string of the molecule is Cc1cccn2ncc(CN3CCC[C@@]4(CCC[C@H]4O)C3)c12. The topological polar surface area (TPSA) is 40.8 Å². The number of fused-ring (bicyclic) bond motifs is 1. The molecule has 2 fully saturated rings. The average Bonchev–Trinajstić information content (AvgIpc) is 3.06. The molecule has 2 aliphatic rings. The highest BCUT2D eigenvalue weighted by Gasteiger charge is 2.44. The second-order valence-corrected chi connectivity index (χ2v) is 7.24. The van der Waals surface area contributed by atoms with E-state index in [1.165, 1.54) is 42.3 Å². The number of aliphatic hydroxyl groups excluding tert-OH is 1. The molecule has 2 aromatic rings. The van der Waals surface area contributed by atoms with Crippen molar-refractivity contribution >= 4 is 5.52 Å². The fraction of sp³-hybridized carbons (Fsp3) is 0.611. The van der Waals surface area contributed by atoms with Crippen LogP contribution in [-0.4, -0.2) is 38.8 Å². The van der Waals surface area contributed by atoms with Gasteiger partial charge in [0.15, 0.2) is 0 Å². The van der Waals surface area contributed by atoms with Crippen molar-refractivity contribution in [2.24, 2.45) is 5.41 Å². The Morgan fingerprint density at radius 2 is 2.23 bits per heavy atom. The van der Waals surface area contributed by atoms with Gasteiger partial charge in [-0.2, -0.15) is 5.10 Å². The molecule has 4 rings (SSSR count). The smallest absolute Gasteiger partial charge is 0.0735 e. The molecule has 0 unspecified atom stereocenters. The van der Waals surface area contributed by atoms with Crippen LogP contribution >= 0.6 is 0 Å². The van der Waals surface area contributed by atoms with E-state index in [1.54, 1.807) is 0 Å². The summed E-state index contributed by atoms with van der Waals surface area (Å²) in [6.07, 6.45) is 9.69. The number of piperidine rings is 1. The number of rotatable bonds is 2. The molecule has 0 amide bonds. The van der Waals surface area contributed by atoms with Crippen LogP contribution in [0.15, 0.2) is 24.5 Å². The molecule has 1 aliphatic carbocycles. The van der Waals surface area contributed by atoms with E-state index in [4.69, 9.17) is 0 Å². The van der Waals surface area contributed by atoms with Gasteiger partial charge in [0, 0.05) is 30.3 Å². The van der Waals surface area contributed by atoms with Gasteiger partial charge in [-0.3, -0.25) is 4.90 Å². The molecule has 1 aliphatic heterocycles. The minimum atomic E-state index is -0.0963. The average molecular weight is 299 g/mol. The van der Waals surface area contributed by atoms with Gasteiger partial charge in [-0.05, 0) is 50.8 Å². The minimum absolute atomic E-state index is 0.0963. The molecule has 2 aromatic heterocycles. The highest BCUT2D eigenvalue weighted by molar-refractivity contribution is 5.59. The summed E-state index contributed by atoms with van der Waals surface area (Å²) in [5.74, 6) is 0. The van der Waals surface area contributed by atoms with Crippen molar-refractivity contribution in [3.05, 3.63) is 35.7 Å². The fourth-order valence-corrected chi connectivity index (χ4v) is 4.64. The number of aryl methyl sites for hydroxylation is 1. The van der Waals surface area contributed by atoms with E-state index in [-0.39, 0.29) is 11.5 Å². The number of hydrogen-bond donors (Lipinski definition) is 1. The summed E-state index contributed by atoms with van der Waals surface area (Å²) in [6.45, 7) is 5.27. The molecule has 0 radical (unpaired) electrons. The van der Waals surface area contributed by atoms with Gasteiger partial charge in [0.05, 0.1) is 17.8 Å². The summed E-state index contributed by atoms with van der Waals surface area (Å²) >= 11 is 0. The van der Waals surface area contributed by atoms with Crippen molar-refractivity contribution < 1.29 is 5.11 Å². The monoisotopic (exact) mass is 299 g/mol. The number of aliphatic hydroxyl groups is 1. The zero-order valence-corrected chi connectivity index (χ0v) is 13.3. The molecule has 0 aromatic carbocycles. The Kier molecular flexibility index (Phi) is 3.46. The molecule has 0 bridgehead atoms. The standard InChI is InChI=1S/C18H25N3O/c1-14-5-3-10-21-17(14)15(11-19-21)12-20-9-4-8-18(13-20)7-2-6-16(18)22/h3,5,10-11,16,22H,2,4,6-9,12-13H2,1H3/t16-,18+/m1/s1. The Morgan fingerprint density at radius 3 is 3.05 bits per heavy atom. The van der Waals surface area contributed by atoms with Gasteiger partial charge >= 0.3 is 0 Å². The lowest BCUT2D eigenvalue weighted by molar-refractivity contribution is -0.0119. The van der Waals surface area contributed by atoms with E-state index < -0.39 is 0 Å². The first-order valence-corrected chi connectivity index (χ1v) is 8.50. The molecular weight excluding hydrogens is 274 g/mol. The van der Waals surface area contributed by atoms with Crippen LogP contribution in [0.3, 0.4) is 0 Å². The van der Waals surface area contributed by atoms with Gasteiger partial charge in [-0.25, -0.2) is 4.52 Å². The van der Waals surface area contributed by atoms with Gasteiger partial charge in [0.25, 0.3) is 0 Å². The van der Waals surface area contributed by atoms with Crippen molar-refractivity contribution in [2.45, 2.75) is 51.7 Å². The number of aromatic nitrogens is 2.